The van der Waals surface area contributed by atoms with Crippen molar-refractivity contribution in [1.82, 2.24) is 15.0 Å². The summed E-state index contributed by atoms with van der Waals surface area (Å²) in [5.74, 6) is 0.979. The zero-order valence-electron chi connectivity index (χ0n) is 11.4. The molecule has 1 N–H and O–H groups in total. The second kappa shape index (κ2) is 6.16. The Bertz CT molecular complexity index is 574. The number of pyridine rings is 1. The summed E-state index contributed by atoms with van der Waals surface area (Å²) in [5.41, 5.74) is 0.851. The van der Waals surface area contributed by atoms with E-state index in [2.05, 4.69) is 15.0 Å². The van der Waals surface area contributed by atoms with Gasteiger partial charge >= 0.3 is 0 Å². The van der Waals surface area contributed by atoms with E-state index in [1.165, 1.54) is 33.7 Å². The first-order valence-electron chi connectivity index (χ1n) is 5.82. The number of aliphatic hydroxyl groups is 1. The Kier molecular flexibility index (Phi) is 4.31. The molecule has 2 heterocycles. The highest BCUT2D eigenvalue weighted by Gasteiger charge is 2.19. The van der Waals surface area contributed by atoms with E-state index >= 15 is 0 Å². The average molecular weight is 277 g/mol. The molecule has 106 valence electrons. The van der Waals surface area contributed by atoms with Gasteiger partial charge in [0.25, 0.3) is 0 Å². The van der Waals surface area contributed by atoms with Gasteiger partial charge in [-0.05, 0) is 6.07 Å². The second-order valence-electron chi connectivity index (χ2n) is 3.84. The molecule has 2 rings (SSSR count). The Morgan fingerprint density at radius 3 is 2.25 bits per heavy atom. The first-order valence-corrected chi connectivity index (χ1v) is 5.82. The van der Waals surface area contributed by atoms with Crippen LogP contribution in [0.3, 0.4) is 0 Å². The number of rotatable bonds is 5. The highest BCUT2D eigenvalue weighted by molar-refractivity contribution is 5.32. The molecule has 0 radical (unpaired) electrons. The normalized spacial score (nSPS) is 11.8. The average Bonchev–Trinajstić information content (AvgIpc) is 2.53. The number of methoxy groups -OCH3 is 3. The van der Waals surface area contributed by atoms with E-state index in [0.717, 1.165) is 0 Å². The minimum Gasteiger partial charge on any atom is -0.481 e. The largest absolute Gasteiger partial charge is 0.481 e. The lowest BCUT2D eigenvalue weighted by atomic mass is 10.1. The van der Waals surface area contributed by atoms with Gasteiger partial charge in [0.15, 0.2) is 0 Å². The lowest BCUT2D eigenvalue weighted by Gasteiger charge is -2.13. The molecule has 0 amide bonds. The van der Waals surface area contributed by atoms with Gasteiger partial charge in [0.1, 0.15) is 11.8 Å². The predicted octanol–water partition coefficient (Wildman–Crippen LogP) is 0.979. The number of hydrogen-bond acceptors (Lipinski definition) is 7. The zero-order chi connectivity index (χ0) is 14.5. The van der Waals surface area contributed by atoms with Crippen LogP contribution in [-0.4, -0.2) is 41.4 Å². The van der Waals surface area contributed by atoms with E-state index in [9.17, 15) is 5.11 Å². The standard InChI is InChI=1S/C13H15N3O4/c1-18-9-5-4-8(6-14-9)12(17)11-13(20-3)16-10(19-2)7-15-11/h4-7,12,17H,1-3H3. The maximum atomic E-state index is 10.3. The molecule has 0 aliphatic carbocycles. The molecule has 20 heavy (non-hydrogen) atoms. The van der Waals surface area contributed by atoms with Gasteiger partial charge in [-0.2, -0.15) is 4.98 Å². The maximum absolute atomic E-state index is 10.3. The molecule has 0 bridgehead atoms. The van der Waals surface area contributed by atoms with Crippen molar-refractivity contribution in [2.45, 2.75) is 6.10 Å². The Morgan fingerprint density at radius 1 is 0.950 bits per heavy atom. The summed E-state index contributed by atoms with van der Waals surface area (Å²) in [5, 5.41) is 10.3. The quantitative estimate of drug-likeness (QED) is 0.871. The summed E-state index contributed by atoms with van der Waals surface area (Å²) in [6.07, 6.45) is 1.93. The Hall–Kier alpha value is -2.41. The Balaban J connectivity index is 2.33. The van der Waals surface area contributed by atoms with Gasteiger partial charge in [0.05, 0.1) is 27.5 Å². The predicted molar refractivity (Wildman–Crippen MR) is 70.0 cm³/mol. The van der Waals surface area contributed by atoms with E-state index in [1.54, 1.807) is 12.1 Å². The van der Waals surface area contributed by atoms with Crippen LogP contribution in [-0.2, 0) is 0 Å². The van der Waals surface area contributed by atoms with Gasteiger partial charge in [0.2, 0.25) is 17.6 Å². The van der Waals surface area contributed by atoms with Crippen LogP contribution in [0.4, 0.5) is 0 Å². The van der Waals surface area contributed by atoms with Crippen molar-refractivity contribution in [1.29, 1.82) is 0 Å². The molecule has 7 nitrogen and oxygen atoms in total. The van der Waals surface area contributed by atoms with Crippen LogP contribution in [0.1, 0.15) is 17.4 Å². The van der Waals surface area contributed by atoms with Crippen molar-refractivity contribution in [3.8, 4) is 17.6 Å². The molecule has 0 saturated carbocycles. The number of hydrogen-bond donors (Lipinski definition) is 1. The number of ether oxygens (including phenoxy) is 3. The Morgan fingerprint density at radius 2 is 1.70 bits per heavy atom. The highest BCUT2D eigenvalue weighted by atomic mass is 16.5. The minimum atomic E-state index is -0.998. The van der Waals surface area contributed by atoms with Crippen molar-refractivity contribution in [2.75, 3.05) is 21.3 Å². The zero-order valence-corrected chi connectivity index (χ0v) is 11.4. The third-order valence-corrected chi connectivity index (χ3v) is 2.69. The molecule has 0 aliphatic rings. The first-order chi connectivity index (χ1) is 9.69. The molecule has 0 spiro atoms. The van der Waals surface area contributed by atoms with Crippen molar-refractivity contribution in [3.05, 3.63) is 35.8 Å². The van der Waals surface area contributed by atoms with E-state index < -0.39 is 6.10 Å². The first kappa shape index (κ1) is 14.0. The molecule has 1 atom stereocenters. The van der Waals surface area contributed by atoms with Gasteiger partial charge in [-0.1, -0.05) is 0 Å². The van der Waals surface area contributed by atoms with E-state index in [1.807, 2.05) is 0 Å². The number of aliphatic hydroxyl groups excluding tert-OH is 1. The van der Waals surface area contributed by atoms with Crippen LogP contribution in [0.25, 0.3) is 0 Å². The lowest BCUT2D eigenvalue weighted by Crippen LogP contribution is -2.07. The molecule has 0 aromatic carbocycles. The number of nitrogens with zero attached hydrogens (tertiary/aromatic N) is 3. The summed E-state index contributed by atoms with van der Waals surface area (Å²) < 4.78 is 15.0. The van der Waals surface area contributed by atoms with Gasteiger partial charge in [-0.25, -0.2) is 9.97 Å². The minimum absolute atomic E-state index is 0.202. The fourth-order valence-corrected chi connectivity index (χ4v) is 1.63. The molecule has 2 aromatic rings. The summed E-state index contributed by atoms with van der Waals surface area (Å²) in [4.78, 5) is 12.2. The monoisotopic (exact) mass is 277 g/mol. The molecule has 0 aliphatic heterocycles. The van der Waals surface area contributed by atoms with Crippen LogP contribution in [0, 0.1) is 0 Å². The van der Waals surface area contributed by atoms with Crippen LogP contribution in [0.5, 0.6) is 17.6 Å². The molecular weight excluding hydrogens is 262 g/mol. The maximum Gasteiger partial charge on any atom is 0.241 e. The van der Waals surface area contributed by atoms with Crippen molar-refractivity contribution in [2.24, 2.45) is 0 Å². The van der Waals surface area contributed by atoms with Crippen molar-refractivity contribution < 1.29 is 19.3 Å². The molecule has 1 unspecified atom stereocenters. The third-order valence-electron chi connectivity index (χ3n) is 2.69. The fourth-order valence-electron chi connectivity index (χ4n) is 1.63. The fraction of sp³-hybridized carbons (Fsp3) is 0.308. The van der Waals surface area contributed by atoms with Crippen molar-refractivity contribution >= 4 is 0 Å². The molecular formula is C13H15N3O4. The van der Waals surface area contributed by atoms with Crippen molar-refractivity contribution in [3.63, 3.8) is 0 Å². The molecule has 2 aromatic heterocycles. The smallest absolute Gasteiger partial charge is 0.241 e. The summed E-state index contributed by atoms with van der Waals surface area (Å²) in [6, 6.07) is 3.35. The van der Waals surface area contributed by atoms with E-state index in [-0.39, 0.29) is 5.88 Å². The third kappa shape index (κ3) is 2.77. The van der Waals surface area contributed by atoms with Crippen LogP contribution in [0.2, 0.25) is 0 Å². The topological polar surface area (TPSA) is 86.6 Å². The lowest BCUT2D eigenvalue weighted by molar-refractivity contribution is 0.206. The van der Waals surface area contributed by atoms with Crippen LogP contribution >= 0.6 is 0 Å². The van der Waals surface area contributed by atoms with Crippen LogP contribution < -0.4 is 14.2 Å². The molecule has 0 saturated heterocycles. The summed E-state index contributed by atoms with van der Waals surface area (Å²) in [7, 11) is 4.45. The van der Waals surface area contributed by atoms with Gasteiger partial charge in [0, 0.05) is 17.8 Å². The van der Waals surface area contributed by atoms with Crippen LogP contribution in [0.15, 0.2) is 24.5 Å². The van der Waals surface area contributed by atoms with Gasteiger partial charge < -0.3 is 19.3 Å². The second-order valence-corrected chi connectivity index (χ2v) is 3.84. The van der Waals surface area contributed by atoms with E-state index in [4.69, 9.17) is 14.2 Å². The number of aromatic nitrogens is 3. The molecule has 7 heteroatoms. The summed E-state index contributed by atoms with van der Waals surface area (Å²) >= 11 is 0. The van der Waals surface area contributed by atoms with Gasteiger partial charge in [-0.3, -0.25) is 0 Å². The SMILES string of the molecule is COc1ccc(C(O)c2ncc(OC)nc2OC)cn1. The molecule has 0 fully saturated rings. The summed E-state index contributed by atoms with van der Waals surface area (Å²) in [6.45, 7) is 0. The Labute approximate surface area is 116 Å². The van der Waals surface area contributed by atoms with E-state index in [0.29, 0.717) is 23.0 Å². The van der Waals surface area contributed by atoms with Gasteiger partial charge in [-0.15, -0.1) is 0 Å². The highest BCUT2D eigenvalue weighted by Crippen LogP contribution is 2.28.